The number of benzene rings is 2. The smallest absolute Gasteiger partial charge is 0.258 e. The molecule has 2 aromatic rings. The molecule has 1 amide bonds. The number of ether oxygens (including phenoxy) is 2. The largest absolute Gasteiger partial charge is 0.490 e. The molecule has 25 heavy (non-hydrogen) atoms. The second-order valence-corrected chi connectivity index (χ2v) is 5.47. The van der Waals surface area contributed by atoms with Crippen molar-refractivity contribution < 1.29 is 18.7 Å². The molecule has 0 heterocycles. The average Bonchev–Trinajstić information content (AvgIpc) is 2.63. The fourth-order valence-corrected chi connectivity index (χ4v) is 2.46. The van der Waals surface area contributed by atoms with Crippen molar-refractivity contribution in [1.82, 2.24) is 0 Å². The molecule has 0 spiro atoms. The van der Waals surface area contributed by atoms with Crippen LogP contribution in [0.25, 0.3) is 0 Å². The van der Waals surface area contributed by atoms with Crippen LogP contribution in [0.3, 0.4) is 0 Å². The Bertz CT molecular complexity index is 701. The molecule has 0 unspecified atom stereocenters. The van der Waals surface area contributed by atoms with Crippen LogP contribution in [-0.4, -0.2) is 25.7 Å². The lowest BCUT2D eigenvalue weighted by molar-refractivity contribution is 0.0987. The predicted octanol–water partition coefficient (Wildman–Crippen LogP) is 4.68. The lowest BCUT2D eigenvalue weighted by Crippen LogP contribution is -2.30. The van der Waals surface area contributed by atoms with E-state index in [2.05, 4.69) is 0 Å². The topological polar surface area (TPSA) is 38.8 Å². The summed E-state index contributed by atoms with van der Waals surface area (Å²) in [6.07, 6.45) is 0.889. The Labute approximate surface area is 148 Å². The predicted molar refractivity (Wildman–Crippen MR) is 97.1 cm³/mol. The third-order valence-electron chi connectivity index (χ3n) is 3.65. The Kier molecular flexibility index (Phi) is 6.81. The number of amides is 1. The zero-order valence-electron chi connectivity index (χ0n) is 14.9. The normalized spacial score (nSPS) is 10.4. The molecule has 0 aromatic heterocycles. The molecule has 0 radical (unpaired) electrons. The molecule has 0 aliphatic heterocycles. The van der Waals surface area contributed by atoms with Crippen LogP contribution in [0.15, 0.2) is 42.5 Å². The van der Waals surface area contributed by atoms with Gasteiger partial charge in [0, 0.05) is 17.8 Å². The first-order valence-electron chi connectivity index (χ1n) is 8.57. The van der Waals surface area contributed by atoms with E-state index in [1.54, 1.807) is 35.2 Å². The van der Waals surface area contributed by atoms with Crippen molar-refractivity contribution in [2.45, 2.75) is 27.2 Å². The third kappa shape index (κ3) is 4.72. The van der Waals surface area contributed by atoms with Gasteiger partial charge in [0.2, 0.25) is 0 Å². The lowest BCUT2D eigenvalue weighted by Gasteiger charge is -2.22. The van der Waals surface area contributed by atoms with Gasteiger partial charge < -0.3 is 14.4 Å². The van der Waals surface area contributed by atoms with E-state index in [1.807, 2.05) is 20.8 Å². The first-order chi connectivity index (χ1) is 12.1. The van der Waals surface area contributed by atoms with Crippen molar-refractivity contribution in [3.8, 4) is 11.5 Å². The number of hydrogen-bond acceptors (Lipinski definition) is 3. The summed E-state index contributed by atoms with van der Waals surface area (Å²) in [6.45, 7) is 7.33. The molecule has 0 saturated heterocycles. The maximum absolute atomic E-state index is 13.1. The maximum Gasteiger partial charge on any atom is 0.258 e. The molecule has 0 bridgehead atoms. The van der Waals surface area contributed by atoms with Gasteiger partial charge in [0.1, 0.15) is 5.82 Å². The van der Waals surface area contributed by atoms with Crippen molar-refractivity contribution in [3.63, 3.8) is 0 Å². The summed E-state index contributed by atoms with van der Waals surface area (Å²) in [5.41, 5.74) is 1.15. The Hall–Kier alpha value is -2.56. The monoisotopic (exact) mass is 345 g/mol. The fraction of sp³-hybridized carbons (Fsp3) is 0.350. The van der Waals surface area contributed by atoms with Gasteiger partial charge in [-0.25, -0.2) is 4.39 Å². The molecular formula is C20H24FNO3. The number of halogens is 1. The summed E-state index contributed by atoms with van der Waals surface area (Å²) in [4.78, 5) is 14.5. The minimum absolute atomic E-state index is 0.169. The highest BCUT2D eigenvalue weighted by Crippen LogP contribution is 2.30. The molecule has 2 rings (SSSR count). The van der Waals surface area contributed by atoms with E-state index in [4.69, 9.17) is 9.47 Å². The van der Waals surface area contributed by atoms with Crippen molar-refractivity contribution in [2.75, 3.05) is 24.7 Å². The van der Waals surface area contributed by atoms with Crippen molar-refractivity contribution in [3.05, 3.63) is 53.8 Å². The maximum atomic E-state index is 13.1. The van der Waals surface area contributed by atoms with Gasteiger partial charge in [-0.2, -0.15) is 0 Å². The SMILES string of the molecule is CCCOc1ccc(C(=O)N(CC)c2ccc(F)cc2)cc1OCC. The average molecular weight is 345 g/mol. The lowest BCUT2D eigenvalue weighted by atomic mass is 10.1. The van der Waals surface area contributed by atoms with Gasteiger partial charge in [0.15, 0.2) is 11.5 Å². The van der Waals surface area contributed by atoms with Crippen molar-refractivity contribution in [2.24, 2.45) is 0 Å². The highest BCUT2D eigenvalue weighted by molar-refractivity contribution is 6.06. The third-order valence-corrected chi connectivity index (χ3v) is 3.65. The number of rotatable bonds is 8. The number of hydrogen-bond donors (Lipinski definition) is 0. The molecule has 0 aliphatic rings. The molecule has 0 saturated carbocycles. The Morgan fingerprint density at radius 3 is 2.32 bits per heavy atom. The minimum Gasteiger partial charge on any atom is -0.490 e. The molecule has 2 aromatic carbocycles. The van der Waals surface area contributed by atoms with E-state index >= 15 is 0 Å². The van der Waals surface area contributed by atoms with E-state index in [9.17, 15) is 9.18 Å². The zero-order valence-corrected chi connectivity index (χ0v) is 14.9. The van der Waals surface area contributed by atoms with Gasteiger partial charge >= 0.3 is 0 Å². The quantitative estimate of drug-likeness (QED) is 0.697. The van der Waals surface area contributed by atoms with Gasteiger partial charge in [0.05, 0.1) is 13.2 Å². The summed E-state index contributed by atoms with van der Waals surface area (Å²) in [6, 6.07) is 11.1. The van der Waals surface area contributed by atoms with Gasteiger partial charge in [0.25, 0.3) is 5.91 Å². The van der Waals surface area contributed by atoms with E-state index in [1.165, 1.54) is 12.1 Å². The highest BCUT2D eigenvalue weighted by Gasteiger charge is 2.18. The van der Waals surface area contributed by atoms with Crippen LogP contribution in [0.4, 0.5) is 10.1 Å². The van der Waals surface area contributed by atoms with Gasteiger partial charge in [-0.05, 0) is 62.7 Å². The molecule has 0 atom stereocenters. The fourth-order valence-electron chi connectivity index (χ4n) is 2.46. The van der Waals surface area contributed by atoms with Crippen LogP contribution < -0.4 is 14.4 Å². The minimum atomic E-state index is -0.330. The molecule has 134 valence electrons. The number of anilines is 1. The Balaban J connectivity index is 2.30. The summed E-state index contributed by atoms with van der Waals surface area (Å²) >= 11 is 0. The van der Waals surface area contributed by atoms with E-state index in [0.29, 0.717) is 42.5 Å². The van der Waals surface area contributed by atoms with E-state index < -0.39 is 0 Å². The number of carbonyl (C=O) groups is 1. The molecule has 5 heteroatoms. The Morgan fingerprint density at radius 2 is 1.72 bits per heavy atom. The first-order valence-corrected chi connectivity index (χ1v) is 8.57. The first kappa shape index (κ1) is 18.8. The molecule has 4 nitrogen and oxygen atoms in total. The highest BCUT2D eigenvalue weighted by atomic mass is 19.1. The van der Waals surface area contributed by atoms with E-state index in [-0.39, 0.29) is 11.7 Å². The van der Waals surface area contributed by atoms with Crippen LogP contribution in [-0.2, 0) is 0 Å². The van der Waals surface area contributed by atoms with Gasteiger partial charge in [-0.3, -0.25) is 4.79 Å². The van der Waals surface area contributed by atoms with Crippen molar-refractivity contribution in [1.29, 1.82) is 0 Å². The Morgan fingerprint density at radius 1 is 1.00 bits per heavy atom. The molecule has 0 aliphatic carbocycles. The molecule has 0 N–H and O–H groups in total. The second kappa shape index (κ2) is 9.06. The van der Waals surface area contributed by atoms with Crippen LogP contribution in [0.2, 0.25) is 0 Å². The summed E-state index contributed by atoms with van der Waals surface area (Å²) in [7, 11) is 0. The van der Waals surface area contributed by atoms with Crippen LogP contribution >= 0.6 is 0 Å². The zero-order chi connectivity index (χ0) is 18.2. The summed E-state index contributed by atoms with van der Waals surface area (Å²) < 4.78 is 24.4. The standard InChI is InChI=1S/C20H24FNO3/c1-4-13-25-18-12-7-15(14-19(18)24-6-3)20(23)22(5-2)17-10-8-16(21)9-11-17/h7-12,14H,4-6,13H2,1-3H3. The van der Waals surface area contributed by atoms with Crippen LogP contribution in [0.1, 0.15) is 37.6 Å². The summed E-state index contributed by atoms with van der Waals surface area (Å²) in [5.74, 6) is 0.683. The molecular weight excluding hydrogens is 321 g/mol. The second-order valence-electron chi connectivity index (χ2n) is 5.47. The van der Waals surface area contributed by atoms with Crippen molar-refractivity contribution >= 4 is 11.6 Å². The van der Waals surface area contributed by atoms with Gasteiger partial charge in [-0.1, -0.05) is 6.92 Å². The van der Waals surface area contributed by atoms with Gasteiger partial charge in [-0.15, -0.1) is 0 Å². The van der Waals surface area contributed by atoms with E-state index in [0.717, 1.165) is 6.42 Å². The summed E-state index contributed by atoms with van der Waals surface area (Å²) in [5, 5.41) is 0. The molecule has 0 fully saturated rings. The number of nitrogens with zero attached hydrogens (tertiary/aromatic N) is 1. The van der Waals surface area contributed by atoms with Crippen LogP contribution in [0, 0.1) is 5.82 Å². The number of carbonyl (C=O) groups excluding carboxylic acids is 1. The van der Waals surface area contributed by atoms with Crippen LogP contribution in [0.5, 0.6) is 11.5 Å².